The molecule has 0 aliphatic carbocycles. The van der Waals surface area contributed by atoms with Gasteiger partial charge in [-0.1, -0.05) is 83.1 Å². The van der Waals surface area contributed by atoms with E-state index in [-0.39, 0.29) is 99.2 Å². The quantitative estimate of drug-likeness (QED) is 0.105. The summed E-state index contributed by atoms with van der Waals surface area (Å²) in [5.41, 5.74) is 0. The summed E-state index contributed by atoms with van der Waals surface area (Å²) in [4.78, 5) is 68.6. The summed E-state index contributed by atoms with van der Waals surface area (Å²) >= 11 is 0. The van der Waals surface area contributed by atoms with Crippen molar-refractivity contribution >= 4 is 73.8 Å². The third-order valence-electron chi connectivity index (χ3n) is 6.53. The van der Waals surface area contributed by atoms with E-state index >= 15 is 0 Å². The number of carboxylic acid groups (broad SMARTS) is 2. The van der Waals surface area contributed by atoms with E-state index in [9.17, 15) is 39.0 Å². The molecule has 4 atom stereocenters. The van der Waals surface area contributed by atoms with Crippen molar-refractivity contribution in [3.8, 4) is 0 Å². The van der Waals surface area contributed by atoms with Crippen LogP contribution in [0, 0.1) is 47.3 Å². The van der Waals surface area contributed by atoms with Crippen molar-refractivity contribution in [2.24, 2.45) is 47.3 Å². The zero-order valence-corrected chi connectivity index (χ0v) is 33.8. The van der Waals surface area contributed by atoms with Gasteiger partial charge in [0.25, 0.3) is 12.6 Å². The molecule has 0 unspecified atom stereocenters. The fourth-order valence-electron chi connectivity index (χ4n) is 4.13. The second-order valence-corrected chi connectivity index (χ2v) is 14.1. The Morgan fingerprint density at radius 1 is 0.510 bits per heavy atom. The standard InChI is InChI=1S/2C17H31NO6.Ca/c2*1-10(2)7-13(8-14(19)20)9-18-17(22)24-16(12(5)6)23-15(21)11(3)4;/h2*10-13,16H,7-9H2,1-6H3,(H,18,22)(H,19,20);/q;;+2/p-2/t2*13-,16-;/m00./s1. The third-order valence-corrected chi connectivity index (χ3v) is 6.53. The van der Waals surface area contributed by atoms with Crippen LogP contribution in [0.1, 0.15) is 109 Å². The molecule has 0 aliphatic heterocycles. The molecule has 0 aromatic heterocycles. The van der Waals surface area contributed by atoms with Crippen molar-refractivity contribution in [1.29, 1.82) is 0 Å². The Balaban J connectivity index is -0.000000846. The Labute approximate surface area is 322 Å². The van der Waals surface area contributed by atoms with Gasteiger partial charge in [-0.2, -0.15) is 0 Å². The fourth-order valence-corrected chi connectivity index (χ4v) is 4.13. The number of hydrogen-bond acceptors (Lipinski definition) is 12. The van der Waals surface area contributed by atoms with Crippen LogP contribution < -0.4 is 20.8 Å². The molecule has 0 aromatic carbocycles. The van der Waals surface area contributed by atoms with Crippen LogP contribution in [0.2, 0.25) is 0 Å². The fraction of sp³-hybridized carbons (Fsp3) is 0.824. The zero-order valence-electron chi connectivity index (χ0n) is 31.6. The average molecular weight is 729 g/mol. The molecule has 0 aliphatic rings. The van der Waals surface area contributed by atoms with Gasteiger partial charge in [-0.15, -0.1) is 0 Å². The number of ether oxygens (including phenoxy) is 4. The predicted octanol–water partition coefficient (Wildman–Crippen LogP) is 3.01. The maximum absolute atomic E-state index is 11.9. The first-order valence-electron chi connectivity index (χ1n) is 16.7. The van der Waals surface area contributed by atoms with Gasteiger partial charge in [-0.3, -0.25) is 9.59 Å². The third kappa shape index (κ3) is 28.1. The largest absolute Gasteiger partial charge is 2.00 e. The molecule has 14 nitrogen and oxygen atoms in total. The molecule has 0 bridgehead atoms. The summed E-state index contributed by atoms with van der Waals surface area (Å²) < 4.78 is 20.6. The summed E-state index contributed by atoms with van der Waals surface area (Å²) in [7, 11) is 0. The minimum absolute atomic E-state index is 0. The van der Waals surface area contributed by atoms with Gasteiger partial charge in [0, 0.05) is 36.9 Å². The first kappa shape index (κ1) is 51.1. The van der Waals surface area contributed by atoms with Crippen molar-refractivity contribution in [3.63, 3.8) is 0 Å². The van der Waals surface area contributed by atoms with E-state index in [0.717, 1.165) is 0 Å². The molecular weight excluding hydrogens is 668 g/mol. The number of carbonyl (C=O) groups is 6. The summed E-state index contributed by atoms with van der Waals surface area (Å²) in [5.74, 6) is -4.13. The molecule has 280 valence electrons. The molecule has 0 saturated carbocycles. The molecule has 2 amide bonds. The molecule has 0 spiro atoms. The second kappa shape index (κ2) is 27.4. The van der Waals surface area contributed by atoms with Crippen LogP contribution in [0.25, 0.3) is 0 Å². The Bertz CT molecular complexity index is 924. The van der Waals surface area contributed by atoms with Crippen molar-refractivity contribution in [2.45, 2.75) is 121 Å². The van der Waals surface area contributed by atoms with E-state index in [2.05, 4.69) is 10.6 Å². The SMILES string of the molecule is CC(C)C[C@H](CNC(=O)O[C@H](OC(=O)C(C)C)C(C)C)CC(=O)[O-].CC(C)C[C@H](CNC(=O)O[C@H](OC(=O)C(C)C)C(C)C)CC(=O)[O-].[Ca+2]. The molecule has 2 N–H and O–H groups in total. The van der Waals surface area contributed by atoms with E-state index < -0.39 is 48.6 Å². The van der Waals surface area contributed by atoms with Crippen LogP contribution in [0.3, 0.4) is 0 Å². The van der Waals surface area contributed by atoms with E-state index in [1.165, 1.54) is 0 Å². The van der Waals surface area contributed by atoms with Crippen molar-refractivity contribution in [3.05, 3.63) is 0 Å². The van der Waals surface area contributed by atoms with E-state index in [1.54, 1.807) is 55.4 Å². The molecule has 0 heterocycles. The minimum Gasteiger partial charge on any atom is -0.550 e. The van der Waals surface area contributed by atoms with Crippen LogP contribution in [0.15, 0.2) is 0 Å². The zero-order chi connectivity index (χ0) is 37.7. The Morgan fingerprint density at radius 2 is 0.796 bits per heavy atom. The van der Waals surface area contributed by atoms with E-state index in [0.29, 0.717) is 24.7 Å². The maximum Gasteiger partial charge on any atom is 2.00 e. The van der Waals surface area contributed by atoms with Crippen LogP contribution in [-0.2, 0) is 38.1 Å². The summed E-state index contributed by atoms with van der Waals surface area (Å²) in [6.45, 7) is 22.0. The van der Waals surface area contributed by atoms with Crippen molar-refractivity contribution < 1.29 is 57.9 Å². The molecule has 0 rings (SSSR count). The normalized spacial score (nSPS) is 13.4. The first-order valence-corrected chi connectivity index (χ1v) is 16.7. The average Bonchev–Trinajstić information content (AvgIpc) is 2.92. The number of alkyl carbamates (subject to hydrolysis) is 2. The monoisotopic (exact) mass is 728 g/mol. The van der Waals surface area contributed by atoms with Gasteiger partial charge in [-0.05, 0) is 49.4 Å². The van der Waals surface area contributed by atoms with Gasteiger partial charge in [0.05, 0.1) is 11.8 Å². The van der Waals surface area contributed by atoms with Gasteiger partial charge in [0.2, 0.25) is 0 Å². The molecule has 49 heavy (non-hydrogen) atoms. The molecule has 0 radical (unpaired) electrons. The first-order chi connectivity index (χ1) is 22.0. The predicted molar refractivity (Wildman–Crippen MR) is 179 cm³/mol. The maximum atomic E-state index is 11.9. The van der Waals surface area contributed by atoms with Crippen LogP contribution in [0.4, 0.5) is 9.59 Å². The summed E-state index contributed by atoms with van der Waals surface area (Å²) in [6, 6.07) is 0. The van der Waals surface area contributed by atoms with Gasteiger partial charge < -0.3 is 49.4 Å². The van der Waals surface area contributed by atoms with E-state index in [4.69, 9.17) is 18.9 Å². The molecular formula is C34H60CaN2O12. The number of hydrogen-bond donors (Lipinski definition) is 2. The Morgan fingerprint density at radius 3 is 1.00 bits per heavy atom. The number of esters is 2. The molecule has 0 aromatic rings. The Kier molecular flexibility index (Phi) is 28.6. The molecule has 0 saturated heterocycles. The van der Waals surface area contributed by atoms with Gasteiger partial charge >= 0.3 is 61.9 Å². The number of rotatable bonds is 20. The molecule has 0 fully saturated rings. The smallest absolute Gasteiger partial charge is 0.550 e. The Hall–Kier alpha value is -2.32. The van der Waals surface area contributed by atoms with Gasteiger partial charge in [-0.25, -0.2) is 9.59 Å². The summed E-state index contributed by atoms with van der Waals surface area (Å²) in [5, 5.41) is 26.6. The van der Waals surface area contributed by atoms with Crippen LogP contribution in [-0.4, -0.2) is 99.5 Å². The number of carboxylic acids is 2. The minimum atomic E-state index is -1.15. The van der Waals surface area contributed by atoms with E-state index in [1.807, 2.05) is 27.7 Å². The summed E-state index contributed by atoms with van der Waals surface area (Å²) in [6.07, 6.45) is -2.42. The van der Waals surface area contributed by atoms with Crippen molar-refractivity contribution in [2.75, 3.05) is 13.1 Å². The second-order valence-electron chi connectivity index (χ2n) is 14.1. The van der Waals surface area contributed by atoms with Crippen LogP contribution in [0.5, 0.6) is 0 Å². The van der Waals surface area contributed by atoms with Gasteiger partial charge in [0.1, 0.15) is 0 Å². The van der Waals surface area contributed by atoms with Crippen LogP contribution >= 0.6 is 0 Å². The molecule has 15 heteroatoms. The number of carbonyl (C=O) groups excluding carboxylic acids is 6. The number of aliphatic carboxylic acids is 2. The van der Waals surface area contributed by atoms with Gasteiger partial charge in [0.15, 0.2) is 0 Å². The number of nitrogens with one attached hydrogen (secondary N) is 2. The number of amides is 2. The van der Waals surface area contributed by atoms with Crippen molar-refractivity contribution in [1.82, 2.24) is 10.6 Å². The topological polar surface area (TPSA) is 210 Å².